The number of nitrogens with zero attached hydrogens (tertiary/aromatic N) is 1. The van der Waals surface area contributed by atoms with Gasteiger partial charge in [-0.05, 0) is 12.1 Å². The molecule has 0 amide bonds. The first-order valence-electron chi connectivity index (χ1n) is 5.62. The van der Waals surface area contributed by atoms with E-state index < -0.39 is 20.2 Å². The smallest absolute Gasteiger partial charge is 0.395 e. The highest BCUT2D eigenvalue weighted by Crippen LogP contribution is 2.35. The molecule has 1 aromatic rings. The van der Waals surface area contributed by atoms with Crippen molar-refractivity contribution in [1.29, 1.82) is 0 Å². The first kappa shape index (κ1) is 16.5. The van der Waals surface area contributed by atoms with Gasteiger partial charge in [0.1, 0.15) is 0 Å². The summed E-state index contributed by atoms with van der Waals surface area (Å²) in [5.74, 6) is 0. The minimum Gasteiger partial charge on any atom is -0.395 e. The number of para-hydroxylation sites is 1. The standard InChI is InChI=1S/C12H14F3NO3S/c1-2-7-16(8-9-17)10-5-3-4-6-11(10)20(18,19)12(13,14)15/h2-6,17H,1,7-9H2. The molecule has 0 unspecified atom stereocenters. The number of sulfone groups is 1. The van der Waals surface area contributed by atoms with Crippen LogP contribution in [0.1, 0.15) is 0 Å². The fourth-order valence-corrected chi connectivity index (χ4v) is 2.64. The number of anilines is 1. The molecule has 0 radical (unpaired) electrons. The molecule has 112 valence electrons. The minimum absolute atomic E-state index is 0.00356. The Bertz CT molecular complexity index is 570. The average Bonchev–Trinajstić information content (AvgIpc) is 2.37. The Morgan fingerprint density at radius 2 is 1.90 bits per heavy atom. The Morgan fingerprint density at radius 1 is 1.30 bits per heavy atom. The van der Waals surface area contributed by atoms with Crippen LogP contribution in [0.3, 0.4) is 0 Å². The molecule has 0 bridgehead atoms. The fraction of sp³-hybridized carbons (Fsp3) is 0.333. The molecule has 8 heteroatoms. The Kier molecular flexibility index (Phi) is 5.18. The second-order valence-electron chi connectivity index (χ2n) is 3.88. The van der Waals surface area contributed by atoms with Gasteiger partial charge in [-0.3, -0.25) is 0 Å². The van der Waals surface area contributed by atoms with E-state index in [0.29, 0.717) is 0 Å². The fourth-order valence-electron chi connectivity index (χ4n) is 1.66. The van der Waals surface area contributed by atoms with Gasteiger partial charge in [-0.2, -0.15) is 13.2 Å². The number of aliphatic hydroxyl groups is 1. The third-order valence-electron chi connectivity index (χ3n) is 2.52. The summed E-state index contributed by atoms with van der Waals surface area (Å²) in [4.78, 5) is 0.480. The maximum absolute atomic E-state index is 12.7. The van der Waals surface area contributed by atoms with E-state index in [0.717, 1.165) is 6.07 Å². The molecule has 0 saturated carbocycles. The summed E-state index contributed by atoms with van der Waals surface area (Å²) in [5, 5.41) is 8.93. The molecule has 1 rings (SSSR count). The summed E-state index contributed by atoms with van der Waals surface area (Å²) in [5.41, 5.74) is -5.49. The number of hydrogen-bond acceptors (Lipinski definition) is 4. The van der Waals surface area contributed by atoms with E-state index in [4.69, 9.17) is 5.11 Å². The van der Waals surface area contributed by atoms with Crippen LogP contribution in [0.2, 0.25) is 0 Å². The molecular weight excluding hydrogens is 295 g/mol. The van der Waals surface area contributed by atoms with Gasteiger partial charge in [0.15, 0.2) is 0 Å². The first-order chi connectivity index (χ1) is 9.25. The van der Waals surface area contributed by atoms with E-state index in [2.05, 4.69) is 6.58 Å². The number of alkyl halides is 3. The lowest BCUT2D eigenvalue weighted by Gasteiger charge is -2.25. The lowest BCUT2D eigenvalue weighted by atomic mass is 10.3. The lowest BCUT2D eigenvalue weighted by molar-refractivity contribution is -0.0435. The van der Waals surface area contributed by atoms with Gasteiger partial charge in [-0.15, -0.1) is 6.58 Å². The molecule has 0 aliphatic heterocycles. The molecule has 0 aliphatic carbocycles. The highest BCUT2D eigenvalue weighted by Gasteiger charge is 2.48. The minimum atomic E-state index is -5.45. The van der Waals surface area contributed by atoms with Gasteiger partial charge in [0.2, 0.25) is 0 Å². The number of rotatable bonds is 6. The molecule has 20 heavy (non-hydrogen) atoms. The van der Waals surface area contributed by atoms with Crippen LogP contribution >= 0.6 is 0 Å². The van der Waals surface area contributed by atoms with Crippen LogP contribution in [0.5, 0.6) is 0 Å². The molecule has 0 heterocycles. The number of hydrogen-bond donors (Lipinski definition) is 1. The maximum Gasteiger partial charge on any atom is 0.501 e. The number of aliphatic hydroxyl groups excluding tert-OH is 1. The van der Waals surface area contributed by atoms with Crippen molar-refractivity contribution in [2.45, 2.75) is 10.4 Å². The molecular formula is C12H14F3NO3S. The zero-order chi connectivity index (χ0) is 15.4. The Labute approximate surface area is 115 Å². The topological polar surface area (TPSA) is 57.6 Å². The molecule has 1 N–H and O–H groups in total. The Morgan fingerprint density at radius 3 is 2.40 bits per heavy atom. The van der Waals surface area contributed by atoms with Crippen molar-refractivity contribution >= 4 is 15.5 Å². The van der Waals surface area contributed by atoms with Crippen molar-refractivity contribution in [1.82, 2.24) is 0 Å². The van der Waals surface area contributed by atoms with E-state index in [1.54, 1.807) is 0 Å². The molecule has 0 aliphatic rings. The zero-order valence-electron chi connectivity index (χ0n) is 10.5. The zero-order valence-corrected chi connectivity index (χ0v) is 11.3. The summed E-state index contributed by atoms with van der Waals surface area (Å²) in [6.45, 7) is 3.24. The lowest BCUT2D eigenvalue weighted by Crippen LogP contribution is -2.30. The third-order valence-corrected chi connectivity index (χ3v) is 4.05. The predicted octanol–water partition coefficient (Wildman–Crippen LogP) is 1.96. The summed E-state index contributed by atoms with van der Waals surface area (Å²) >= 11 is 0. The molecule has 0 fully saturated rings. The number of benzene rings is 1. The average molecular weight is 309 g/mol. The van der Waals surface area contributed by atoms with Crippen LogP contribution < -0.4 is 4.90 Å². The van der Waals surface area contributed by atoms with Crippen LogP contribution in [0, 0.1) is 0 Å². The van der Waals surface area contributed by atoms with Crippen LogP contribution in [-0.4, -0.2) is 38.7 Å². The maximum atomic E-state index is 12.7. The molecule has 0 aromatic heterocycles. The molecule has 1 aromatic carbocycles. The third kappa shape index (κ3) is 3.31. The molecule has 0 saturated heterocycles. The van der Waals surface area contributed by atoms with E-state index in [9.17, 15) is 21.6 Å². The summed E-state index contributed by atoms with van der Waals surface area (Å²) < 4.78 is 61.1. The highest BCUT2D eigenvalue weighted by atomic mass is 32.2. The summed E-state index contributed by atoms with van der Waals surface area (Å²) in [6, 6.07) is 4.80. The van der Waals surface area contributed by atoms with Gasteiger partial charge in [-0.25, -0.2) is 8.42 Å². The van der Waals surface area contributed by atoms with Gasteiger partial charge in [-0.1, -0.05) is 18.2 Å². The van der Waals surface area contributed by atoms with Gasteiger partial charge in [0, 0.05) is 13.1 Å². The van der Waals surface area contributed by atoms with Crippen molar-refractivity contribution in [2.24, 2.45) is 0 Å². The van der Waals surface area contributed by atoms with Gasteiger partial charge in [0.25, 0.3) is 9.84 Å². The van der Waals surface area contributed by atoms with Crippen LogP contribution in [0.4, 0.5) is 18.9 Å². The van der Waals surface area contributed by atoms with Gasteiger partial charge in [0.05, 0.1) is 17.2 Å². The Balaban J connectivity index is 3.40. The first-order valence-corrected chi connectivity index (χ1v) is 7.11. The van der Waals surface area contributed by atoms with Crippen molar-refractivity contribution < 1.29 is 26.7 Å². The van der Waals surface area contributed by atoms with Crippen molar-refractivity contribution in [3.8, 4) is 0 Å². The summed E-state index contributed by atoms with van der Waals surface area (Å²) in [6.07, 6.45) is 1.41. The Hall–Kier alpha value is -1.54. The van der Waals surface area contributed by atoms with Crippen molar-refractivity contribution in [3.05, 3.63) is 36.9 Å². The normalized spacial score (nSPS) is 12.2. The van der Waals surface area contributed by atoms with E-state index in [-0.39, 0.29) is 25.4 Å². The van der Waals surface area contributed by atoms with Gasteiger partial charge < -0.3 is 10.0 Å². The predicted molar refractivity (Wildman–Crippen MR) is 69.2 cm³/mol. The van der Waals surface area contributed by atoms with Crippen LogP contribution in [0.25, 0.3) is 0 Å². The molecule has 0 spiro atoms. The van der Waals surface area contributed by atoms with Crippen LogP contribution in [0.15, 0.2) is 41.8 Å². The SMILES string of the molecule is C=CCN(CCO)c1ccccc1S(=O)(=O)C(F)(F)F. The van der Waals surface area contributed by atoms with Crippen LogP contribution in [-0.2, 0) is 9.84 Å². The second-order valence-corrected chi connectivity index (χ2v) is 5.78. The van der Waals surface area contributed by atoms with E-state index in [1.165, 1.54) is 29.2 Å². The summed E-state index contributed by atoms with van der Waals surface area (Å²) in [7, 11) is -5.45. The van der Waals surface area contributed by atoms with E-state index in [1.807, 2.05) is 0 Å². The van der Waals surface area contributed by atoms with Crippen molar-refractivity contribution in [2.75, 3.05) is 24.6 Å². The van der Waals surface area contributed by atoms with Gasteiger partial charge >= 0.3 is 5.51 Å². The largest absolute Gasteiger partial charge is 0.501 e. The molecule has 4 nitrogen and oxygen atoms in total. The highest BCUT2D eigenvalue weighted by molar-refractivity contribution is 7.92. The number of halogens is 3. The van der Waals surface area contributed by atoms with Crippen molar-refractivity contribution in [3.63, 3.8) is 0 Å². The monoisotopic (exact) mass is 309 g/mol. The quantitative estimate of drug-likeness (QED) is 0.816. The second kappa shape index (κ2) is 6.27. The van der Waals surface area contributed by atoms with E-state index >= 15 is 0 Å². The molecule has 0 atom stereocenters.